The second kappa shape index (κ2) is 6.36. The van der Waals surface area contributed by atoms with E-state index in [0.29, 0.717) is 17.1 Å². The fourth-order valence-electron chi connectivity index (χ4n) is 2.36. The average Bonchev–Trinajstić information content (AvgIpc) is 2.78. The highest BCUT2D eigenvalue weighted by molar-refractivity contribution is 8.00. The Balaban J connectivity index is 1.87. The normalized spacial score (nSPS) is 25.0. The van der Waals surface area contributed by atoms with Gasteiger partial charge in [0.15, 0.2) is 0 Å². The van der Waals surface area contributed by atoms with Gasteiger partial charge in [-0.25, -0.2) is 4.68 Å². The first-order valence-electron chi connectivity index (χ1n) is 6.77. The van der Waals surface area contributed by atoms with Crippen molar-refractivity contribution in [1.29, 1.82) is 0 Å². The molecule has 7 heteroatoms. The van der Waals surface area contributed by atoms with E-state index >= 15 is 0 Å². The molecule has 19 heavy (non-hydrogen) atoms. The summed E-state index contributed by atoms with van der Waals surface area (Å²) in [7, 11) is 1.77. The molecule has 1 aromatic heterocycles. The summed E-state index contributed by atoms with van der Waals surface area (Å²) >= 11 is 1.39. The molecule has 1 heterocycles. The summed E-state index contributed by atoms with van der Waals surface area (Å²) < 4.78 is 1.58. The van der Waals surface area contributed by atoms with Crippen molar-refractivity contribution in [1.82, 2.24) is 25.5 Å². The second-order valence-electron chi connectivity index (χ2n) is 5.22. The predicted molar refractivity (Wildman–Crippen MR) is 73.7 cm³/mol. The Morgan fingerprint density at radius 1 is 1.47 bits per heavy atom. The maximum atomic E-state index is 12.2. The Morgan fingerprint density at radius 3 is 2.84 bits per heavy atom. The molecule has 1 aliphatic carbocycles. The molecule has 1 fully saturated rings. The summed E-state index contributed by atoms with van der Waals surface area (Å²) in [5.74, 6) is 0.651. The first kappa shape index (κ1) is 14.3. The molecule has 1 aliphatic rings. The maximum Gasteiger partial charge on any atom is 0.233 e. The van der Waals surface area contributed by atoms with Crippen molar-refractivity contribution >= 4 is 17.7 Å². The minimum Gasteiger partial charge on any atom is -0.352 e. The molecule has 0 aliphatic heterocycles. The molecule has 0 saturated heterocycles. The quantitative estimate of drug-likeness (QED) is 0.845. The van der Waals surface area contributed by atoms with E-state index in [1.165, 1.54) is 31.0 Å². The number of nitrogens with zero attached hydrogens (tertiary/aromatic N) is 4. The van der Waals surface area contributed by atoms with Crippen LogP contribution in [-0.2, 0) is 11.8 Å². The highest BCUT2D eigenvalue weighted by atomic mass is 32.2. The second-order valence-corrected chi connectivity index (χ2v) is 6.53. The van der Waals surface area contributed by atoms with Gasteiger partial charge in [0.05, 0.1) is 5.25 Å². The Kier molecular flexibility index (Phi) is 4.79. The van der Waals surface area contributed by atoms with E-state index in [1.807, 2.05) is 6.92 Å². The van der Waals surface area contributed by atoms with Crippen LogP contribution in [0.5, 0.6) is 0 Å². The van der Waals surface area contributed by atoms with E-state index in [4.69, 9.17) is 0 Å². The fourth-order valence-corrected chi connectivity index (χ4v) is 3.13. The summed E-state index contributed by atoms with van der Waals surface area (Å²) in [5.41, 5.74) is 0. The third-order valence-electron chi connectivity index (χ3n) is 3.67. The summed E-state index contributed by atoms with van der Waals surface area (Å²) in [4.78, 5) is 12.2. The van der Waals surface area contributed by atoms with Gasteiger partial charge in [0.25, 0.3) is 0 Å². The van der Waals surface area contributed by atoms with Crippen LogP contribution < -0.4 is 5.32 Å². The number of rotatable bonds is 4. The fraction of sp³-hybridized carbons (Fsp3) is 0.833. The Morgan fingerprint density at radius 2 is 2.21 bits per heavy atom. The Hall–Kier alpha value is -1.11. The van der Waals surface area contributed by atoms with Crippen molar-refractivity contribution in [2.75, 3.05) is 0 Å². The Labute approximate surface area is 117 Å². The molecule has 3 atom stereocenters. The van der Waals surface area contributed by atoms with Crippen molar-refractivity contribution in [2.24, 2.45) is 13.0 Å². The number of aryl methyl sites for hydroxylation is 1. The first-order chi connectivity index (χ1) is 9.08. The molecule has 1 saturated carbocycles. The van der Waals surface area contributed by atoms with Crippen LogP contribution in [-0.4, -0.2) is 37.4 Å². The topological polar surface area (TPSA) is 72.7 Å². The minimum absolute atomic E-state index is 0.0757. The maximum absolute atomic E-state index is 12.2. The molecule has 0 spiro atoms. The molecule has 1 amide bonds. The predicted octanol–water partition coefficient (Wildman–Crippen LogP) is 1.39. The molecule has 1 aromatic rings. The number of hydrogen-bond donors (Lipinski definition) is 1. The van der Waals surface area contributed by atoms with E-state index in [2.05, 4.69) is 27.8 Å². The van der Waals surface area contributed by atoms with E-state index in [1.54, 1.807) is 11.7 Å². The first-order valence-corrected chi connectivity index (χ1v) is 7.65. The average molecular weight is 283 g/mol. The largest absolute Gasteiger partial charge is 0.352 e. The lowest BCUT2D eigenvalue weighted by molar-refractivity contribution is -0.121. The van der Waals surface area contributed by atoms with Crippen molar-refractivity contribution < 1.29 is 4.79 Å². The van der Waals surface area contributed by atoms with Crippen LogP contribution in [0.15, 0.2) is 5.16 Å². The lowest BCUT2D eigenvalue weighted by Gasteiger charge is -2.30. The minimum atomic E-state index is -0.182. The Bertz CT molecular complexity index is 436. The van der Waals surface area contributed by atoms with Gasteiger partial charge in [-0.15, -0.1) is 5.10 Å². The number of nitrogens with one attached hydrogen (secondary N) is 1. The molecule has 6 nitrogen and oxygen atoms in total. The molecule has 2 rings (SSSR count). The highest BCUT2D eigenvalue weighted by Gasteiger charge is 2.25. The zero-order valence-corrected chi connectivity index (χ0v) is 12.5. The zero-order valence-electron chi connectivity index (χ0n) is 11.7. The van der Waals surface area contributed by atoms with E-state index in [9.17, 15) is 4.79 Å². The molecule has 106 valence electrons. The van der Waals surface area contributed by atoms with Crippen molar-refractivity contribution in [3.63, 3.8) is 0 Å². The summed E-state index contributed by atoms with van der Waals surface area (Å²) in [6.45, 7) is 4.11. The van der Waals surface area contributed by atoms with Gasteiger partial charge >= 0.3 is 0 Å². The van der Waals surface area contributed by atoms with Crippen LogP contribution in [0.3, 0.4) is 0 Å². The van der Waals surface area contributed by atoms with Crippen LogP contribution in [0.1, 0.15) is 39.5 Å². The molecule has 0 bridgehead atoms. The van der Waals surface area contributed by atoms with Gasteiger partial charge in [0.2, 0.25) is 11.1 Å². The number of tetrazole rings is 1. The van der Waals surface area contributed by atoms with Gasteiger partial charge in [0.1, 0.15) is 0 Å². The van der Waals surface area contributed by atoms with Crippen LogP contribution in [0.25, 0.3) is 0 Å². The van der Waals surface area contributed by atoms with Crippen LogP contribution in [0, 0.1) is 5.92 Å². The molecule has 0 aromatic carbocycles. The molecule has 0 radical (unpaired) electrons. The van der Waals surface area contributed by atoms with Gasteiger partial charge in [-0.2, -0.15) is 0 Å². The molecular weight excluding hydrogens is 262 g/mol. The van der Waals surface area contributed by atoms with Gasteiger partial charge in [-0.3, -0.25) is 4.79 Å². The highest BCUT2D eigenvalue weighted by Crippen LogP contribution is 2.25. The number of thioether (sulfide) groups is 1. The number of aromatic nitrogens is 4. The molecule has 1 N–H and O–H groups in total. The lowest BCUT2D eigenvalue weighted by Crippen LogP contribution is -2.44. The summed E-state index contributed by atoms with van der Waals surface area (Å²) in [6.07, 6.45) is 4.79. The van der Waals surface area contributed by atoms with Gasteiger partial charge < -0.3 is 5.32 Å². The smallest absolute Gasteiger partial charge is 0.233 e. The van der Waals surface area contributed by atoms with E-state index < -0.39 is 0 Å². The summed E-state index contributed by atoms with van der Waals surface area (Å²) in [5, 5.41) is 14.9. The summed E-state index contributed by atoms with van der Waals surface area (Å²) in [6, 6.07) is 0.321. The number of carbonyl (C=O) groups is 1. The molecular formula is C12H21N5OS. The van der Waals surface area contributed by atoms with Crippen LogP contribution in [0.2, 0.25) is 0 Å². The lowest BCUT2D eigenvalue weighted by atomic mass is 9.86. The van der Waals surface area contributed by atoms with Gasteiger partial charge in [0, 0.05) is 13.1 Å². The monoisotopic (exact) mass is 283 g/mol. The number of hydrogen-bond acceptors (Lipinski definition) is 5. The zero-order chi connectivity index (χ0) is 13.8. The third kappa shape index (κ3) is 3.68. The third-order valence-corrected chi connectivity index (χ3v) is 4.80. The van der Waals surface area contributed by atoms with Crippen molar-refractivity contribution in [3.05, 3.63) is 0 Å². The van der Waals surface area contributed by atoms with Crippen molar-refractivity contribution in [2.45, 2.75) is 56.0 Å². The van der Waals surface area contributed by atoms with Crippen LogP contribution in [0.4, 0.5) is 0 Å². The number of carbonyl (C=O) groups excluding carboxylic acids is 1. The SMILES string of the molecule is C[C@@H](Sc1nnnn1C)C(=O)N[C@H]1CCCC[C@@H]1C. The van der Waals surface area contributed by atoms with Crippen molar-refractivity contribution in [3.8, 4) is 0 Å². The van der Waals surface area contributed by atoms with Gasteiger partial charge in [-0.05, 0) is 36.1 Å². The van der Waals surface area contributed by atoms with E-state index in [0.717, 1.165) is 6.42 Å². The van der Waals surface area contributed by atoms with Gasteiger partial charge in [-0.1, -0.05) is 31.5 Å². The molecule has 0 unspecified atom stereocenters. The van der Waals surface area contributed by atoms with E-state index in [-0.39, 0.29) is 11.2 Å². The number of amides is 1. The van der Waals surface area contributed by atoms with Crippen LogP contribution >= 0.6 is 11.8 Å². The standard InChI is InChI=1S/C12H21N5OS/c1-8-6-4-5-7-10(8)13-11(18)9(2)19-12-14-15-16-17(12)3/h8-10H,4-7H2,1-3H3,(H,13,18)/t8-,9+,10-/m0/s1.